The third-order valence-electron chi connectivity index (χ3n) is 3.25. The van der Waals surface area contributed by atoms with Crippen LogP contribution in [0.1, 0.15) is 11.3 Å². The monoisotopic (exact) mass is 252 g/mol. The summed E-state index contributed by atoms with van der Waals surface area (Å²) in [7, 11) is 0. The van der Waals surface area contributed by atoms with Gasteiger partial charge in [0.2, 0.25) is 5.95 Å². The van der Waals surface area contributed by atoms with Crippen LogP contribution in [0.15, 0.2) is 42.6 Å². The van der Waals surface area contributed by atoms with Gasteiger partial charge in [0.1, 0.15) is 0 Å². The molecule has 0 spiro atoms. The molecule has 0 saturated carbocycles. The van der Waals surface area contributed by atoms with Crippen LogP contribution >= 0.6 is 0 Å². The number of nitrogen functional groups attached to an aromatic ring is 1. The van der Waals surface area contributed by atoms with Crippen LogP contribution < -0.4 is 5.73 Å². The molecule has 0 amide bonds. The van der Waals surface area contributed by atoms with Crippen molar-refractivity contribution in [1.82, 2.24) is 14.5 Å². The van der Waals surface area contributed by atoms with Crippen molar-refractivity contribution >= 4 is 17.0 Å². The molecule has 4 heteroatoms. The van der Waals surface area contributed by atoms with Crippen LogP contribution in [0, 0.1) is 6.92 Å². The van der Waals surface area contributed by atoms with Gasteiger partial charge in [-0.25, -0.2) is 4.98 Å². The molecule has 0 aliphatic carbocycles. The second-order valence-electron chi connectivity index (χ2n) is 4.68. The number of pyridine rings is 1. The van der Waals surface area contributed by atoms with Crippen molar-refractivity contribution in [1.29, 1.82) is 0 Å². The fourth-order valence-corrected chi connectivity index (χ4v) is 2.26. The van der Waals surface area contributed by atoms with Gasteiger partial charge in [-0.15, -0.1) is 0 Å². The van der Waals surface area contributed by atoms with Crippen molar-refractivity contribution in [3.63, 3.8) is 0 Å². The number of hydrogen-bond acceptors (Lipinski definition) is 3. The molecular formula is C15H16N4. The molecule has 3 rings (SSSR count). The van der Waals surface area contributed by atoms with Crippen LogP contribution in [0.2, 0.25) is 0 Å². The fourth-order valence-electron chi connectivity index (χ4n) is 2.26. The SMILES string of the molecule is Cc1ccc2nc(N)n(CCc3ccccn3)c2c1. The van der Waals surface area contributed by atoms with Crippen molar-refractivity contribution in [2.75, 3.05) is 5.73 Å². The maximum atomic E-state index is 6.00. The minimum Gasteiger partial charge on any atom is -0.369 e. The first-order valence-corrected chi connectivity index (χ1v) is 6.36. The van der Waals surface area contributed by atoms with E-state index in [9.17, 15) is 0 Å². The lowest BCUT2D eigenvalue weighted by atomic mass is 10.2. The molecule has 0 atom stereocenters. The molecule has 0 unspecified atom stereocenters. The number of fused-ring (bicyclic) bond motifs is 1. The summed E-state index contributed by atoms with van der Waals surface area (Å²) in [5.74, 6) is 0.566. The van der Waals surface area contributed by atoms with Crippen LogP contribution in [0.4, 0.5) is 5.95 Å². The van der Waals surface area contributed by atoms with Crippen LogP contribution in [-0.2, 0) is 13.0 Å². The molecule has 0 saturated heterocycles. The van der Waals surface area contributed by atoms with Crippen molar-refractivity contribution in [3.05, 3.63) is 53.9 Å². The number of aryl methyl sites for hydroxylation is 3. The summed E-state index contributed by atoms with van der Waals surface area (Å²) in [6, 6.07) is 12.1. The smallest absolute Gasteiger partial charge is 0.201 e. The number of benzene rings is 1. The maximum absolute atomic E-state index is 6.00. The predicted molar refractivity (Wildman–Crippen MR) is 76.8 cm³/mol. The third-order valence-corrected chi connectivity index (χ3v) is 3.25. The van der Waals surface area contributed by atoms with Crippen LogP contribution in [0.3, 0.4) is 0 Å². The summed E-state index contributed by atoms with van der Waals surface area (Å²) in [6.07, 6.45) is 2.67. The zero-order chi connectivity index (χ0) is 13.2. The van der Waals surface area contributed by atoms with E-state index in [1.165, 1.54) is 5.56 Å². The quantitative estimate of drug-likeness (QED) is 0.779. The molecule has 3 aromatic rings. The average Bonchev–Trinajstić information content (AvgIpc) is 2.73. The van der Waals surface area contributed by atoms with Crippen molar-refractivity contribution in [2.45, 2.75) is 19.9 Å². The number of aromatic nitrogens is 3. The standard InChI is InChI=1S/C15H16N4/c1-11-5-6-13-14(10-11)19(15(16)18-13)9-7-12-4-2-3-8-17-12/h2-6,8,10H,7,9H2,1H3,(H2,16,18). The highest BCUT2D eigenvalue weighted by atomic mass is 15.1. The van der Waals surface area contributed by atoms with Crippen LogP contribution in [0.25, 0.3) is 11.0 Å². The zero-order valence-corrected chi connectivity index (χ0v) is 10.9. The van der Waals surface area contributed by atoms with Gasteiger partial charge in [-0.05, 0) is 36.8 Å². The Morgan fingerprint density at radius 1 is 1.21 bits per heavy atom. The molecule has 4 nitrogen and oxygen atoms in total. The Kier molecular flexibility index (Phi) is 2.91. The van der Waals surface area contributed by atoms with Gasteiger partial charge in [0.15, 0.2) is 0 Å². The molecule has 0 fully saturated rings. The minimum atomic E-state index is 0.566. The molecule has 0 radical (unpaired) electrons. The van der Waals surface area contributed by atoms with E-state index in [-0.39, 0.29) is 0 Å². The molecule has 2 heterocycles. The molecule has 0 bridgehead atoms. The van der Waals surface area contributed by atoms with E-state index in [1.54, 1.807) is 0 Å². The Balaban J connectivity index is 1.92. The fraction of sp³-hybridized carbons (Fsp3) is 0.200. The highest BCUT2D eigenvalue weighted by Crippen LogP contribution is 2.19. The maximum Gasteiger partial charge on any atom is 0.201 e. The van der Waals surface area contributed by atoms with Crippen LogP contribution in [-0.4, -0.2) is 14.5 Å². The van der Waals surface area contributed by atoms with Crippen molar-refractivity contribution < 1.29 is 0 Å². The number of nitrogens with zero attached hydrogens (tertiary/aromatic N) is 3. The Labute approximate surface area is 111 Å². The summed E-state index contributed by atoms with van der Waals surface area (Å²) in [6.45, 7) is 2.87. The van der Waals surface area contributed by atoms with Gasteiger partial charge >= 0.3 is 0 Å². The average molecular weight is 252 g/mol. The second kappa shape index (κ2) is 4.72. The second-order valence-corrected chi connectivity index (χ2v) is 4.68. The molecule has 2 aromatic heterocycles. The van der Waals surface area contributed by atoms with Gasteiger partial charge in [-0.1, -0.05) is 12.1 Å². The molecule has 2 N–H and O–H groups in total. The Morgan fingerprint density at radius 2 is 2.11 bits per heavy atom. The summed E-state index contributed by atoms with van der Waals surface area (Å²) < 4.78 is 2.05. The minimum absolute atomic E-state index is 0.566. The van der Waals surface area contributed by atoms with Gasteiger partial charge in [-0.3, -0.25) is 4.98 Å². The lowest BCUT2D eigenvalue weighted by Gasteiger charge is -2.06. The normalized spacial score (nSPS) is 11.0. The van der Waals surface area contributed by atoms with Crippen molar-refractivity contribution in [2.24, 2.45) is 0 Å². The van der Waals surface area contributed by atoms with E-state index in [1.807, 2.05) is 30.5 Å². The number of hydrogen-bond donors (Lipinski definition) is 1. The number of imidazole rings is 1. The summed E-state index contributed by atoms with van der Waals surface area (Å²) in [4.78, 5) is 8.72. The van der Waals surface area contributed by atoms with E-state index in [4.69, 9.17) is 5.73 Å². The molecule has 1 aromatic carbocycles. The van der Waals surface area contributed by atoms with E-state index < -0.39 is 0 Å². The first-order valence-electron chi connectivity index (χ1n) is 6.36. The zero-order valence-electron chi connectivity index (χ0n) is 10.9. The number of rotatable bonds is 3. The number of anilines is 1. The first kappa shape index (κ1) is 11.7. The summed E-state index contributed by atoms with van der Waals surface area (Å²) in [5.41, 5.74) is 10.3. The predicted octanol–water partition coefficient (Wildman–Crippen LogP) is 2.56. The van der Waals surface area contributed by atoms with E-state index in [2.05, 4.69) is 33.6 Å². The van der Waals surface area contributed by atoms with Gasteiger partial charge in [0, 0.05) is 24.9 Å². The first-order chi connectivity index (χ1) is 9.24. The lowest BCUT2D eigenvalue weighted by Crippen LogP contribution is -2.06. The van der Waals surface area contributed by atoms with Gasteiger partial charge in [0.05, 0.1) is 11.0 Å². The topological polar surface area (TPSA) is 56.7 Å². The Morgan fingerprint density at radius 3 is 2.89 bits per heavy atom. The molecular weight excluding hydrogens is 236 g/mol. The highest BCUT2D eigenvalue weighted by Gasteiger charge is 2.08. The Bertz CT molecular complexity index is 701. The molecule has 0 aliphatic heterocycles. The molecule has 96 valence electrons. The summed E-state index contributed by atoms with van der Waals surface area (Å²) >= 11 is 0. The highest BCUT2D eigenvalue weighted by molar-refractivity contribution is 5.79. The molecule has 0 aliphatic rings. The van der Waals surface area contributed by atoms with Gasteiger partial charge < -0.3 is 10.3 Å². The van der Waals surface area contributed by atoms with Gasteiger partial charge in [-0.2, -0.15) is 0 Å². The van der Waals surface area contributed by atoms with Crippen LogP contribution in [0.5, 0.6) is 0 Å². The van der Waals surface area contributed by atoms with E-state index >= 15 is 0 Å². The molecule has 19 heavy (non-hydrogen) atoms. The lowest BCUT2D eigenvalue weighted by molar-refractivity contribution is 0.713. The van der Waals surface area contributed by atoms with E-state index in [0.717, 1.165) is 29.7 Å². The Hall–Kier alpha value is -2.36. The van der Waals surface area contributed by atoms with Crippen molar-refractivity contribution in [3.8, 4) is 0 Å². The van der Waals surface area contributed by atoms with Gasteiger partial charge in [0.25, 0.3) is 0 Å². The third kappa shape index (κ3) is 2.29. The largest absolute Gasteiger partial charge is 0.369 e. The summed E-state index contributed by atoms with van der Waals surface area (Å²) in [5, 5.41) is 0. The van der Waals surface area contributed by atoms with E-state index in [0.29, 0.717) is 5.95 Å². The number of nitrogens with two attached hydrogens (primary N) is 1.